The van der Waals surface area contributed by atoms with Gasteiger partial charge in [0.1, 0.15) is 11.8 Å². The number of nitrogens with zero attached hydrogens (tertiary/aromatic N) is 1. The van der Waals surface area contributed by atoms with E-state index >= 15 is 0 Å². The Labute approximate surface area is 204 Å². The van der Waals surface area contributed by atoms with Gasteiger partial charge in [-0.25, -0.2) is 0 Å². The van der Waals surface area contributed by atoms with Crippen molar-refractivity contribution < 1.29 is 14.3 Å². The Morgan fingerprint density at radius 3 is 2.44 bits per heavy atom. The van der Waals surface area contributed by atoms with Gasteiger partial charge < -0.3 is 15.0 Å². The quantitative estimate of drug-likeness (QED) is 0.419. The molecule has 0 saturated carbocycles. The molecule has 7 heteroatoms. The van der Waals surface area contributed by atoms with E-state index in [0.29, 0.717) is 16.7 Å². The lowest BCUT2D eigenvalue weighted by molar-refractivity contribution is -0.142. The summed E-state index contributed by atoms with van der Waals surface area (Å²) in [5.41, 5.74) is 2.02. The van der Waals surface area contributed by atoms with E-state index in [9.17, 15) is 9.59 Å². The maximum absolute atomic E-state index is 13.2. The third-order valence-corrected chi connectivity index (χ3v) is 6.24. The number of nitrogens with one attached hydrogen (secondary N) is 1. The van der Waals surface area contributed by atoms with Crippen LogP contribution in [0.15, 0.2) is 46.9 Å². The zero-order chi connectivity index (χ0) is 23.8. The zero-order valence-electron chi connectivity index (χ0n) is 19.3. The molecule has 5 nitrogen and oxygen atoms in total. The van der Waals surface area contributed by atoms with Gasteiger partial charge in [0.15, 0.2) is 6.61 Å². The maximum atomic E-state index is 13.2. The first kappa shape index (κ1) is 26.2. The van der Waals surface area contributed by atoms with E-state index < -0.39 is 6.04 Å². The van der Waals surface area contributed by atoms with Crippen molar-refractivity contribution in [2.75, 3.05) is 6.61 Å². The fraction of sp³-hybridized carbons (Fsp3) is 0.440. The van der Waals surface area contributed by atoms with Crippen molar-refractivity contribution in [3.8, 4) is 5.75 Å². The first-order chi connectivity index (χ1) is 15.1. The monoisotopic (exact) mass is 522 g/mol. The van der Waals surface area contributed by atoms with E-state index in [2.05, 4.69) is 35.1 Å². The number of benzene rings is 2. The molecule has 174 valence electrons. The molecule has 0 heterocycles. The first-order valence-electron chi connectivity index (χ1n) is 10.9. The van der Waals surface area contributed by atoms with Crippen LogP contribution in [-0.2, 0) is 16.1 Å². The molecule has 1 N–H and O–H groups in total. The molecule has 2 aromatic carbocycles. The molecule has 0 aliphatic carbocycles. The average Bonchev–Trinajstić information content (AvgIpc) is 2.75. The summed E-state index contributed by atoms with van der Waals surface area (Å²) in [7, 11) is 0. The first-order valence-corrected chi connectivity index (χ1v) is 12.1. The summed E-state index contributed by atoms with van der Waals surface area (Å²) in [4.78, 5) is 27.5. The summed E-state index contributed by atoms with van der Waals surface area (Å²) < 4.78 is 6.60. The van der Waals surface area contributed by atoms with Crippen LogP contribution < -0.4 is 10.1 Å². The molecule has 2 amide bonds. The van der Waals surface area contributed by atoms with Gasteiger partial charge in [-0.15, -0.1) is 0 Å². The number of amides is 2. The van der Waals surface area contributed by atoms with Crippen LogP contribution in [0, 0.1) is 0 Å². The molecule has 2 atom stereocenters. The van der Waals surface area contributed by atoms with Crippen LogP contribution in [0.5, 0.6) is 5.75 Å². The van der Waals surface area contributed by atoms with E-state index in [4.69, 9.17) is 16.3 Å². The highest BCUT2D eigenvalue weighted by Gasteiger charge is 2.27. The second kappa shape index (κ2) is 12.3. The van der Waals surface area contributed by atoms with Gasteiger partial charge in [-0.05, 0) is 77.5 Å². The molecule has 0 spiro atoms. The van der Waals surface area contributed by atoms with Crippen molar-refractivity contribution in [1.29, 1.82) is 0 Å². The molecule has 0 aromatic heterocycles. The summed E-state index contributed by atoms with van der Waals surface area (Å²) in [6, 6.07) is 12.5. The lowest BCUT2D eigenvalue weighted by Crippen LogP contribution is -2.50. The standard InChI is InChI=1S/C25H32BrClN2O3/c1-6-17(4)28-25(31)18(5)29(14-19-8-7-9-21(27)12-19)24(30)15-32-23-11-10-20(16(2)3)13-22(23)26/h7-13,16-18H,6,14-15H2,1-5H3,(H,28,31)/t17-,18-/m0/s1. The minimum Gasteiger partial charge on any atom is -0.483 e. The largest absolute Gasteiger partial charge is 0.483 e. The lowest BCUT2D eigenvalue weighted by atomic mass is 10.0. The van der Waals surface area contributed by atoms with E-state index in [0.717, 1.165) is 16.5 Å². The minimum absolute atomic E-state index is 0.0275. The molecular weight excluding hydrogens is 492 g/mol. The van der Waals surface area contributed by atoms with Crippen LogP contribution in [0.2, 0.25) is 5.02 Å². The highest BCUT2D eigenvalue weighted by molar-refractivity contribution is 9.10. The highest BCUT2D eigenvalue weighted by Crippen LogP contribution is 2.29. The van der Waals surface area contributed by atoms with Crippen LogP contribution in [0.25, 0.3) is 0 Å². The molecule has 0 fully saturated rings. The molecular formula is C25H32BrClN2O3. The Morgan fingerprint density at radius 1 is 1.12 bits per heavy atom. The Bertz CT molecular complexity index is 935. The minimum atomic E-state index is -0.661. The van der Waals surface area contributed by atoms with Crippen LogP contribution in [-0.4, -0.2) is 35.4 Å². The van der Waals surface area contributed by atoms with Crippen molar-refractivity contribution >= 4 is 39.3 Å². The molecule has 0 aliphatic rings. The number of carbonyl (C=O) groups is 2. The molecule has 0 unspecified atom stereocenters. The molecule has 0 saturated heterocycles. The molecule has 0 aliphatic heterocycles. The number of carbonyl (C=O) groups excluding carboxylic acids is 2. The van der Waals surface area contributed by atoms with Crippen molar-refractivity contribution in [2.24, 2.45) is 0 Å². The van der Waals surface area contributed by atoms with Gasteiger partial charge in [0, 0.05) is 17.6 Å². The van der Waals surface area contributed by atoms with E-state index in [1.165, 1.54) is 10.5 Å². The second-order valence-corrected chi connectivity index (χ2v) is 9.57. The number of halogens is 2. The highest BCUT2D eigenvalue weighted by atomic mass is 79.9. The topological polar surface area (TPSA) is 58.6 Å². The van der Waals surface area contributed by atoms with E-state index in [1.54, 1.807) is 19.1 Å². The van der Waals surface area contributed by atoms with Gasteiger partial charge >= 0.3 is 0 Å². The van der Waals surface area contributed by atoms with Crippen LogP contribution >= 0.6 is 27.5 Å². The molecule has 0 radical (unpaired) electrons. The Balaban J connectivity index is 2.18. The SMILES string of the molecule is CC[C@H](C)NC(=O)[C@H](C)N(Cc1cccc(Cl)c1)C(=O)COc1ccc(C(C)C)cc1Br. The predicted molar refractivity (Wildman–Crippen MR) is 133 cm³/mol. The van der Waals surface area contributed by atoms with Gasteiger partial charge in [-0.1, -0.05) is 50.6 Å². The molecule has 2 rings (SSSR count). The van der Waals surface area contributed by atoms with Gasteiger partial charge in [0.05, 0.1) is 4.47 Å². The van der Waals surface area contributed by atoms with E-state index in [-0.39, 0.29) is 31.0 Å². The van der Waals surface area contributed by atoms with Crippen molar-refractivity contribution in [3.63, 3.8) is 0 Å². The number of rotatable bonds is 10. The van der Waals surface area contributed by atoms with Gasteiger partial charge in [0.25, 0.3) is 5.91 Å². The summed E-state index contributed by atoms with van der Waals surface area (Å²) >= 11 is 9.64. The van der Waals surface area contributed by atoms with Gasteiger partial charge in [-0.3, -0.25) is 9.59 Å². The van der Waals surface area contributed by atoms with Crippen molar-refractivity contribution in [2.45, 2.75) is 65.6 Å². The summed E-state index contributed by atoms with van der Waals surface area (Å²) in [6.07, 6.45) is 0.810. The van der Waals surface area contributed by atoms with E-state index in [1.807, 2.05) is 44.2 Å². The Kier molecular flexibility index (Phi) is 10.0. The zero-order valence-corrected chi connectivity index (χ0v) is 21.7. The number of ether oxygens (including phenoxy) is 1. The van der Waals surface area contributed by atoms with Crippen LogP contribution in [0.4, 0.5) is 0 Å². The molecule has 2 aromatic rings. The molecule has 32 heavy (non-hydrogen) atoms. The van der Waals surface area contributed by atoms with Crippen LogP contribution in [0.1, 0.15) is 58.1 Å². The third kappa shape index (κ3) is 7.52. The maximum Gasteiger partial charge on any atom is 0.261 e. The smallest absolute Gasteiger partial charge is 0.261 e. The lowest BCUT2D eigenvalue weighted by Gasteiger charge is -2.29. The fourth-order valence-electron chi connectivity index (χ4n) is 3.10. The average molecular weight is 524 g/mol. The van der Waals surface area contributed by atoms with Gasteiger partial charge in [0.2, 0.25) is 5.91 Å². The Hall–Kier alpha value is -2.05. The van der Waals surface area contributed by atoms with Crippen LogP contribution in [0.3, 0.4) is 0 Å². The molecule has 0 bridgehead atoms. The summed E-state index contributed by atoms with van der Waals surface area (Å²) in [5.74, 6) is 0.496. The predicted octanol–water partition coefficient (Wildman–Crippen LogP) is 5.94. The fourth-order valence-corrected chi connectivity index (χ4v) is 3.82. The number of hydrogen-bond acceptors (Lipinski definition) is 3. The second-order valence-electron chi connectivity index (χ2n) is 8.28. The van der Waals surface area contributed by atoms with Crippen molar-refractivity contribution in [3.05, 3.63) is 63.1 Å². The number of hydrogen-bond donors (Lipinski definition) is 1. The normalized spacial score (nSPS) is 12.9. The van der Waals surface area contributed by atoms with Crippen molar-refractivity contribution in [1.82, 2.24) is 10.2 Å². The summed E-state index contributed by atoms with van der Waals surface area (Å²) in [6.45, 7) is 9.98. The Morgan fingerprint density at radius 2 is 1.84 bits per heavy atom. The summed E-state index contributed by atoms with van der Waals surface area (Å²) in [5, 5.41) is 3.53. The third-order valence-electron chi connectivity index (χ3n) is 5.38. The van der Waals surface area contributed by atoms with Gasteiger partial charge in [-0.2, -0.15) is 0 Å².